The van der Waals surface area contributed by atoms with Crippen LogP contribution in [0.15, 0.2) is 30.3 Å². The zero-order valence-corrected chi connectivity index (χ0v) is 8.40. The highest BCUT2D eigenvalue weighted by molar-refractivity contribution is 5.28. The number of rotatable bonds is 2. The fraction of sp³-hybridized carbons (Fsp3) is 0.417. The van der Waals surface area contributed by atoms with Crippen LogP contribution in [0.5, 0.6) is 0 Å². The van der Waals surface area contributed by atoms with Crippen molar-refractivity contribution in [1.29, 1.82) is 5.26 Å². The lowest BCUT2D eigenvalue weighted by atomic mass is 9.76. The predicted molar refractivity (Wildman–Crippen MR) is 55.8 cm³/mol. The van der Waals surface area contributed by atoms with Gasteiger partial charge in [0.2, 0.25) is 0 Å². The Hall–Kier alpha value is -1.33. The van der Waals surface area contributed by atoms with Crippen LogP contribution in [0.3, 0.4) is 0 Å². The zero-order valence-electron chi connectivity index (χ0n) is 8.40. The lowest BCUT2D eigenvalue weighted by Crippen LogP contribution is -2.57. The molecule has 2 rings (SSSR count). The summed E-state index contributed by atoms with van der Waals surface area (Å²) in [4.78, 5) is 2.17. The van der Waals surface area contributed by atoms with Gasteiger partial charge in [-0.1, -0.05) is 37.3 Å². The van der Waals surface area contributed by atoms with Crippen molar-refractivity contribution in [3.63, 3.8) is 0 Å². The summed E-state index contributed by atoms with van der Waals surface area (Å²) in [7, 11) is 0. The van der Waals surface area contributed by atoms with Crippen LogP contribution in [-0.2, 0) is 5.41 Å². The summed E-state index contributed by atoms with van der Waals surface area (Å²) in [5.41, 5.74) is 1.65. The van der Waals surface area contributed by atoms with Crippen LogP contribution in [-0.4, -0.2) is 24.5 Å². The number of nitrogens with zero attached hydrogens (tertiary/aromatic N) is 2. The monoisotopic (exact) mass is 186 g/mol. The van der Waals surface area contributed by atoms with E-state index in [1.165, 1.54) is 5.56 Å². The quantitative estimate of drug-likeness (QED) is 0.658. The van der Waals surface area contributed by atoms with E-state index >= 15 is 0 Å². The molecule has 1 saturated heterocycles. The molecule has 0 unspecified atom stereocenters. The van der Waals surface area contributed by atoms with Gasteiger partial charge in [0.15, 0.2) is 0 Å². The molecule has 0 spiro atoms. The van der Waals surface area contributed by atoms with E-state index in [-0.39, 0.29) is 5.41 Å². The summed E-state index contributed by atoms with van der Waals surface area (Å²) in [6.45, 7) is 4.83. The maximum Gasteiger partial charge on any atom is 0.0866 e. The van der Waals surface area contributed by atoms with Crippen LogP contribution in [0.4, 0.5) is 0 Å². The minimum absolute atomic E-state index is 0.262. The lowest BCUT2D eigenvalue weighted by Gasteiger charge is -2.47. The Bertz CT molecular complexity index is 344. The first-order valence-electron chi connectivity index (χ1n) is 4.89. The third kappa shape index (κ3) is 1.51. The molecule has 1 heterocycles. The summed E-state index contributed by atoms with van der Waals surface area (Å²) < 4.78 is 0. The molecule has 0 bridgehead atoms. The van der Waals surface area contributed by atoms with Crippen LogP contribution >= 0.6 is 0 Å². The van der Waals surface area contributed by atoms with E-state index in [1.807, 2.05) is 6.07 Å². The highest BCUT2D eigenvalue weighted by atomic mass is 15.2. The Morgan fingerprint density at radius 1 is 1.36 bits per heavy atom. The van der Waals surface area contributed by atoms with Gasteiger partial charge in [0.25, 0.3) is 0 Å². The molecule has 0 amide bonds. The van der Waals surface area contributed by atoms with Crippen molar-refractivity contribution in [2.24, 2.45) is 0 Å². The van der Waals surface area contributed by atoms with E-state index in [2.05, 4.69) is 42.2 Å². The molecule has 72 valence electrons. The minimum atomic E-state index is 0.262. The molecular formula is C12H14N2. The van der Waals surface area contributed by atoms with Gasteiger partial charge in [-0.25, -0.2) is 0 Å². The highest BCUT2D eigenvalue weighted by Gasteiger charge is 2.39. The van der Waals surface area contributed by atoms with E-state index in [9.17, 15) is 0 Å². The molecule has 0 aromatic heterocycles. The number of hydrogen-bond donors (Lipinski definition) is 0. The Labute approximate surface area is 84.8 Å². The van der Waals surface area contributed by atoms with Crippen molar-refractivity contribution in [2.45, 2.75) is 12.3 Å². The van der Waals surface area contributed by atoms with Crippen LogP contribution in [0.1, 0.15) is 12.5 Å². The zero-order chi connectivity index (χ0) is 10.0. The fourth-order valence-corrected chi connectivity index (χ4v) is 2.18. The van der Waals surface area contributed by atoms with Crippen molar-refractivity contribution in [1.82, 2.24) is 4.90 Å². The maximum atomic E-state index is 8.55. The van der Waals surface area contributed by atoms with E-state index in [0.717, 1.165) is 13.1 Å². The van der Waals surface area contributed by atoms with Crippen LogP contribution in [0.25, 0.3) is 0 Å². The Balaban J connectivity index is 2.05. The average molecular weight is 186 g/mol. The highest BCUT2D eigenvalue weighted by Crippen LogP contribution is 2.33. The molecule has 1 aliphatic heterocycles. The normalized spacial score (nSPS) is 19.7. The van der Waals surface area contributed by atoms with E-state index in [0.29, 0.717) is 6.54 Å². The van der Waals surface area contributed by atoms with Gasteiger partial charge < -0.3 is 0 Å². The summed E-state index contributed by atoms with van der Waals surface area (Å²) >= 11 is 0. The topological polar surface area (TPSA) is 27.0 Å². The van der Waals surface area contributed by atoms with Gasteiger partial charge in [-0.05, 0) is 5.56 Å². The van der Waals surface area contributed by atoms with Gasteiger partial charge >= 0.3 is 0 Å². The summed E-state index contributed by atoms with van der Waals surface area (Å²) in [5.74, 6) is 0. The van der Waals surface area contributed by atoms with Gasteiger partial charge in [0, 0.05) is 18.5 Å². The first-order chi connectivity index (χ1) is 6.74. The van der Waals surface area contributed by atoms with E-state index in [1.54, 1.807) is 0 Å². The first-order valence-corrected chi connectivity index (χ1v) is 4.89. The summed E-state index contributed by atoms with van der Waals surface area (Å²) in [6, 6.07) is 12.7. The Morgan fingerprint density at radius 2 is 2.00 bits per heavy atom. The number of likely N-dealkylation sites (tertiary alicyclic amines) is 1. The third-order valence-corrected chi connectivity index (χ3v) is 2.91. The second-order valence-electron chi connectivity index (χ2n) is 4.23. The molecule has 1 aliphatic rings. The van der Waals surface area contributed by atoms with Gasteiger partial charge in [-0.3, -0.25) is 4.90 Å². The van der Waals surface area contributed by atoms with Crippen LogP contribution < -0.4 is 0 Å². The van der Waals surface area contributed by atoms with Crippen molar-refractivity contribution >= 4 is 0 Å². The molecule has 2 nitrogen and oxygen atoms in total. The van der Waals surface area contributed by atoms with Crippen molar-refractivity contribution in [3.05, 3.63) is 35.9 Å². The molecule has 0 radical (unpaired) electrons. The largest absolute Gasteiger partial charge is 0.289 e. The second-order valence-corrected chi connectivity index (χ2v) is 4.23. The van der Waals surface area contributed by atoms with Crippen molar-refractivity contribution in [2.75, 3.05) is 19.6 Å². The fourth-order valence-electron chi connectivity index (χ4n) is 2.18. The average Bonchev–Trinajstić information content (AvgIpc) is 2.17. The number of nitriles is 1. The smallest absolute Gasteiger partial charge is 0.0866 e. The standard InChI is InChI=1S/C12H14N2/c1-12(9-14(10-12)8-7-13)11-5-3-2-4-6-11/h2-6H,8-10H2,1H3. The molecule has 0 saturated carbocycles. The first kappa shape index (κ1) is 9.23. The molecule has 0 aliphatic carbocycles. The molecular weight excluding hydrogens is 172 g/mol. The van der Waals surface area contributed by atoms with Gasteiger partial charge in [-0.15, -0.1) is 0 Å². The third-order valence-electron chi connectivity index (χ3n) is 2.91. The van der Waals surface area contributed by atoms with Gasteiger partial charge in [0.1, 0.15) is 0 Å². The molecule has 14 heavy (non-hydrogen) atoms. The van der Waals surface area contributed by atoms with E-state index in [4.69, 9.17) is 5.26 Å². The predicted octanol–water partition coefficient (Wildman–Crippen LogP) is 1.78. The van der Waals surface area contributed by atoms with Crippen LogP contribution in [0, 0.1) is 11.3 Å². The van der Waals surface area contributed by atoms with Gasteiger partial charge in [-0.2, -0.15) is 5.26 Å². The maximum absolute atomic E-state index is 8.55. The molecule has 1 aromatic carbocycles. The van der Waals surface area contributed by atoms with Crippen molar-refractivity contribution < 1.29 is 0 Å². The number of hydrogen-bond acceptors (Lipinski definition) is 2. The SMILES string of the molecule is CC1(c2ccccc2)CN(CC#N)C1. The Kier molecular flexibility index (Phi) is 2.26. The molecule has 1 aromatic rings. The van der Waals surface area contributed by atoms with Gasteiger partial charge in [0.05, 0.1) is 12.6 Å². The molecule has 2 heteroatoms. The molecule has 0 N–H and O–H groups in total. The summed E-state index contributed by atoms with van der Waals surface area (Å²) in [6.07, 6.45) is 0. The summed E-state index contributed by atoms with van der Waals surface area (Å²) in [5, 5.41) is 8.55. The number of benzene rings is 1. The Morgan fingerprint density at radius 3 is 2.57 bits per heavy atom. The molecule has 1 fully saturated rings. The van der Waals surface area contributed by atoms with Crippen molar-refractivity contribution in [3.8, 4) is 6.07 Å². The molecule has 0 atom stereocenters. The van der Waals surface area contributed by atoms with E-state index < -0.39 is 0 Å². The second kappa shape index (κ2) is 3.43. The van der Waals surface area contributed by atoms with Crippen LogP contribution in [0.2, 0.25) is 0 Å². The lowest BCUT2D eigenvalue weighted by molar-refractivity contribution is 0.0935. The minimum Gasteiger partial charge on any atom is -0.289 e.